The average molecular weight is 446 g/mol. The Balaban J connectivity index is 1.57. The monoisotopic (exact) mass is 445 g/mol. The molecule has 0 bridgehead atoms. The molecule has 0 aliphatic carbocycles. The number of aromatic nitrogens is 3. The summed E-state index contributed by atoms with van der Waals surface area (Å²) in [5.74, 6) is 1.69. The van der Waals surface area contributed by atoms with Crippen LogP contribution in [-0.4, -0.2) is 15.0 Å². The highest BCUT2D eigenvalue weighted by molar-refractivity contribution is 5.82. The number of ether oxygens (including phenoxy) is 1. The molecular weight excluding hydrogens is 418 g/mol. The first-order valence-electron chi connectivity index (χ1n) is 11.4. The molecule has 0 amide bonds. The van der Waals surface area contributed by atoms with Crippen molar-refractivity contribution in [3.8, 4) is 39.7 Å². The van der Waals surface area contributed by atoms with Gasteiger partial charge in [0.1, 0.15) is 18.2 Å². The maximum atomic E-state index is 6.10. The van der Waals surface area contributed by atoms with Crippen LogP contribution in [0.2, 0.25) is 0 Å². The van der Waals surface area contributed by atoms with Crippen LogP contribution in [0.5, 0.6) is 5.75 Å². The Morgan fingerprint density at radius 2 is 1.50 bits per heavy atom. The van der Waals surface area contributed by atoms with Crippen molar-refractivity contribution in [2.75, 3.05) is 0 Å². The lowest BCUT2D eigenvalue weighted by atomic mass is 9.99. The van der Waals surface area contributed by atoms with Crippen LogP contribution >= 0.6 is 0 Å². The van der Waals surface area contributed by atoms with Gasteiger partial charge in [-0.2, -0.15) is 0 Å². The van der Waals surface area contributed by atoms with E-state index in [9.17, 15) is 0 Å². The lowest BCUT2D eigenvalue weighted by Gasteiger charge is -2.09. The lowest BCUT2D eigenvalue weighted by Crippen LogP contribution is -1.95. The number of aromatic amines is 1. The van der Waals surface area contributed by atoms with Crippen molar-refractivity contribution in [1.82, 2.24) is 15.0 Å². The number of nitrogens with zero attached hydrogens (tertiary/aromatic N) is 2. The molecule has 0 aliphatic heterocycles. The fraction of sp³-hybridized carbons (Fsp3) is 0.133. The van der Waals surface area contributed by atoms with E-state index in [2.05, 4.69) is 67.1 Å². The SMILES string of the molecule is Cc1cc(C)c(-c2nc(-c3ccncc3)c(-c3cccc(OCc4ccccc4)c3)[nH]2)c(C)c1. The van der Waals surface area contributed by atoms with E-state index in [1.807, 2.05) is 42.5 Å². The van der Waals surface area contributed by atoms with Crippen LogP contribution in [0.25, 0.3) is 33.9 Å². The van der Waals surface area contributed by atoms with Crippen molar-refractivity contribution in [2.45, 2.75) is 27.4 Å². The van der Waals surface area contributed by atoms with Crippen LogP contribution in [0, 0.1) is 20.8 Å². The molecule has 1 N–H and O–H groups in total. The van der Waals surface area contributed by atoms with E-state index in [0.29, 0.717) is 6.61 Å². The number of nitrogens with one attached hydrogen (secondary N) is 1. The van der Waals surface area contributed by atoms with E-state index in [1.54, 1.807) is 12.4 Å². The van der Waals surface area contributed by atoms with E-state index >= 15 is 0 Å². The van der Waals surface area contributed by atoms with Crippen molar-refractivity contribution in [1.29, 1.82) is 0 Å². The van der Waals surface area contributed by atoms with Gasteiger partial charge in [0.25, 0.3) is 0 Å². The molecule has 0 saturated carbocycles. The Morgan fingerprint density at radius 1 is 0.765 bits per heavy atom. The fourth-order valence-electron chi connectivity index (χ4n) is 4.46. The molecule has 168 valence electrons. The number of hydrogen-bond donors (Lipinski definition) is 1. The van der Waals surface area contributed by atoms with Crippen LogP contribution in [0.15, 0.2) is 91.3 Å². The van der Waals surface area contributed by atoms with Gasteiger partial charge in [-0.25, -0.2) is 4.98 Å². The lowest BCUT2D eigenvalue weighted by molar-refractivity contribution is 0.306. The Hall–Kier alpha value is -4.18. The molecule has 0 aliphatic rings. The van der Waals surface area contributed by atoms with Gasteiger partial charge in [-0.15, -0.1) is 0 Å². The van der Waals surface area contributed by atoms with Crippen molar-refractivity contribution < 1.29 is 4.74 Å². The first kappa shape index (κ1) is 21.7. The van der Waals surface area contributed by atoms with E-state index in [0.717, 1.165) is 45.2 Å². The number of aryl methyl sites for hydroxylation is 3. The van der Waals surface area contributed by atoms with Gasteiger partial charge in [-0.3, -0.25) is 4.98 Å². The average Bonchev–Trinajstić information content (AvgIpc) is 3.28. The molecule has 5 aromatic rings. The van der Waals surface area contributed by atoms with Crippen molar-refractivity contribution in [3.63, 3.8) is 0 Å². The van der Waals surface area contributed by atoms with Crippen molar-refractivity contribution in [2.24, 2.45) is 0 Å². The molecule has 3 aromatic carbocycles. The van der Waals surface area contributed by atoms with Gasteiger partial charge in [0.15, 0.2) is 0 Å². The highest BCUT2D eigenvalue weighted by Crippen LogP contribution is 2.36. The van der Waals surface area contributed by atoms with Gasteiger partial charge < -0.3 is 9.72 Å². The maximum Gasteiger partial charge on any atom is 0.139 e. The molecule has 4 nitrogen and oxygen atoms in total. The van der Waals surface area contributed by atoms with Gasteiger partial charge in [0, 0.05) is 29.1 Å². The zero-order valence-electron chi connectivity index (χ0n) is 19.7. The van der Waals surface area contributed by atoms with E-state index in [1.165, 1.54) is 16.7 Å². The van der Waals surface area contributed by atoms with Gasteiger partial charge in [0.05, 0.1) is 11.4 Å². The maximum absolute atomic E-state index is 6.10. The van der Waals surface area contributed by atoms with Crippen LogP contribution in [-0.2, 0) is 6.61 Å². The molecule has 0 saturated heterocycles. The molecule has 0 spiro atoms. The Labute approximate surface area is 200 Å². The molecule has 2 aromatic heterocycles. The summed E-state index contributed by atoms with van der Waals surface area (Å²) in [6.07, 6.45) is 3.60. The molecule has 0 unspecified atom stereocenters. The van der Waals surface area contributed by atoms with Crippen LogP contribution in [0.4, 0.5) is 0 Å². The van der Waals surface area contributed by atoms with E-state index in [-0.39, 0.29) is 0 Å². The van der Waals surface area contributed by atoms with Crippen LogP contribution in [0.3, 0.4) is 0 Å². The molecule has 0 atom stereocenters. The van der Waals surface area contributed by atoms with Crippen LogP contribution < -0.4 is 4.74 Å². The van der Waals surface area contributed by atoms with E-state index in [4.69, 9.17) is 9.72 Å². The highest BCUT2D eigenvalue weighted by atomic mass is 16.5. The number of benzene rings is 3. The Kier molecular flexibility index (Phi) is 5.96. The number of rotatable bonds is 6. The predicted molar refractivity (Wildman–Crippen MR) is 138 cm³/mol. The van der Waals surface area contributed by atoms with Gasteiger partial charge in [-0.1, -0.05) is 60.2 Å². The van der Waals surface area contributed by atoms with Gasteiger partial charge in [0.2, 0.25) is 0 Å². The minimum absolute atomic E-state index is 0.525. The third-order valence-corrected chi connectivity index (χ3v) is 5.94. The number of hydrogen-bond acceptors (Lipinski definition) is 3. The normalized spacial score (nSPS) is 10.9. The molecule has 5 rings (SSSR count). The second kappa shape index (κ2) is 9.36. The Bertz CT molecular complexity index is 1400. The molecule has 0 fully saturated rings. The zero-order chi connectivity index (χ0) is 23.5. The molecular formula is C30H27N3O. The summed E-state index contributed by atoms with van der Waals surface area (Å²) in [6, 6.07) is 26.8. The first-order valence-corrected chi connectivity index (χ1v) is 11.4. The summed E-state index contributed by atoms with van der Waals surface area (Å²) < 4.78 is 6.10. The van der Waals surface area contributed by atoms with E-state index < -0.39 is 0 Å². The summed E-state index contributed by atoms with van der Waals surface area (Å²) in [5.41, 5.74) is 9.86. The largest absolute Gasteiger partial charge is 0.489 e. The Morgan fingerprint density at radius 3 is 2.24 bits per heavy atom. The topological polar surface area (TPSA) is 50.8 Å². The smallest absolute Gasteiger partial charge is 0.139 e. The first-order chi connectivity index (χ1) is 16.6. The summed E-state index contributed by atoms with van der Waals surface area (Å²) in [7, 11) is 0. The number of H-pyrrole nitrogens is 1. The summed E-state index contributed by atoms with van der Waals surface area (Å²) in [4.78, 5) is 12.9. The molecule has 4 heteroatoms. The third-order valence-electron chi connectivity index (χ3n) is 5.94. The second-order valence-electron chi connectivity index (χ2n) is 8.62. The van der Waals surface area contributed by atoms with Gasteiger partial charge in [-0.05, 0) is 61.7 Å². The minimum atomic E-state index is 0.525. The minimum Gasteiger partial charge on any atom is -0.489 e. The number of imidazole rings is 1. The standard InChI is InChI=1S/C30H27N3O/c1-20-16-21(2)27(22(3)17-20)30-32-28(24-12-14-31-15-13-24)29(33-30)25-10-7-11-26(18-25)34-19-23-8-5-4-6-9-23/h4-18H,19H2,1-3H3,(H,32,33). The zero-order valence-corrected chi connectivity index (χ0v) is 19.7. The quantitative estimate of drug-likeness (QED) is 0.298. The summed E-state index contributed by atoms with van der Waals surface area (Å²) in [5, 5.41) is 0. The van der Waals surface area contributed by atoms with Crippen molar-refractivity contribution in [3.05, 3.63) is 114 Å². The predicted octanol–water partition coefficient (Wildman–Crippen LogP) is 7.31. The van der Waals surface area contributed by atoms with Gasteiger partial charge >= 0.3 is 0 Å². The number of pyridine rings is 1. The fourth-order valence-corrected chi connectivity index (χ4v) is 4.46. The summed E-state index contributed by atoms with van der Waals surface area (Å²) >= 11 is 0. The third kappa shape index (κ3) is 4.48. The second-order valence-corrected chi connectivity index (χ2v) is 8.62. The molecule has 2 heterocycles. The highest BCUT2D eigenvalue weighted by Gasteiger charge is 2.18. The summed E-state index contributed by atoms with van der Waals surface area (Å²) in [6.45, 7) is 6.93. The molecule has 0 radical (unpaired) electrons. The molecule has 34 heavy (non-hydrogen) atoms. The van der Waals surface area contributed by atoms with Crippen molar-refractivity contribution >= 4 is 0 Å². The van der Waals surface area contributed by atoms with Crippen LogP contribution in [0.1, 0.15) is 22.3 Å².